The van der Waals surface area contributed by atoms with Gasteiger partial charge in [0.25, 0.3) is 10.0 Å². The van der Waals surface area contributed by atoms with Gasteiger partial charge in [0.15, 0.2) is 0 Å². The minimum Gasteiger partial charge on any atom is -0.497 e. The smallest absolute Gasteiger partial charge is 0.268 e. The first-order valence-corrected chi connectivity index (χ1v) is 9.41. The van der Waals surface area contributed by atoms with Gasteiger partial charge in [-0.15, -0.1) is 0 Å². The van der Waals surface area contributed by atoms with E-state index in [0.717, 1.165) is 23.2 Å². The molecule has 0 radical (unpaired) electrons. The molecule has 1 N–H and O–H groups in total. The maximum absolute atomic E-state index is 13.0. The highest BCUT2D eigenvalue weighted by Gasteiger charge is 2.21. The van der Waals surface area contributed by atoms with E-state index >= 15 is 0 Å². The normalized spacial score (nSPS) is 14.6. The second-order valence-corrected chi connectivity index (χ2v) is 7.61. The van der Waals surface area contributed by atoms with Gasteiger partial charge in [0.05, 0.1) is 17.5 Å². The Kier molecular flexibility index (Phi) is 3.89. The van der Waals surface area contributed by atoms with Crippen molar-refractivity contribution in [1.82, 2.24) is 9.29 Å². The van der Waals surface area contributed by atoms with Crippen LogP contribution in [0.4, 0.5) is 0 Å². The summed E-state index contributed by atoms with van der Waals surface area (Å²) in [6.45, 7) is 2.02. The molecule has 25 heavy (non-hydrogen) atoms. The van der Waals surface area contributed by atoms with Gasteiger partial charge >= 0.3 is 0 Å². The molecule has 0 amide bonds. The van der Waals surface area contributed by atoms with E-state index in [4.69, 9.17) is 9.47 Å². The molecule has 2 heterocycles. The van der Waals surface area contributed by atoms with Gasteiger partial charge in [-0.05, 0) is 42.5 Å². The first-order chi connectivity index (χ1) is 12.1. The van der Waals surface area contributed by atoms with Gasteiger partial charge in [-0.3, -0.25) is 0 Å². The fourth-order valence-electron chi connectivity index (χ4n) is 3.07. The molecule has 2 aromatic carbocycles. The highest BCUT2D eigenvalue weighted by atomic mass is 32.2. The Morgan fingerprint density at radius 1 is 1.12 bits per heavy atom. The SMILES string of the molecule is COc1ccc(S(=O)(=O)n2ccc3c4c(ccc32)OCCNC4)cc1. The van der Waals surface area contributed by atoms with E-state index in [-0.39, 0.29) is 4.90 Å². The van der Waals surface area contributed by atoms with Crippen LogP contribution in [-0.2, 0) is 16.6 Å². The number of hydrogen-bond acceptors (Lipinski definition) is 5. The fourth-order valence-corrected chi connectivity index (χ4v) is 4.41. The topological polar surface area (TPSA) is 69.6 Å². The van der Waals surface area contributed by atoms with Crippen LogP contribution < -0.4 is 14.8 Å². The number of fused-ring (bicyclic) bond motifs is 3. The molecule has 0 aliphatic carbocycles. The number of hydrogen-bond donors (Lipinski definition) is 1. The largest absolute Gasteiger partial charge is 0.497 e. The molecular formula is C18H18N2O4S. The number of rotatable bonds is 3. The van der Waals surface area contributed by atoms with Crippen LogP contribution in [0.25, 0.3) is 10.9 Å². The fraction of sp³-hybridized carbons (Fsp3) is 0.222. The number of nitrogens with one attached hydrogen (secondary N) is 1. The van der Waals surface area contributed by atoms with Gasteiger partial charge in [0.1, 0.15) is 18.1 Å². The molecule has 7 heteroatoms. The maximum Gasteiger partial charge on any atom is 0.268 e. The minimum absolute atomic E-state index is 0.218. The van der Waals surface area contributed by atoms with Crippen LogP contribution in [0.3, 0.4) is 0 Å². The van der Waals surface area contributed by atoms with E-state index in [1.165, 1.54) is 3.97 Å². The standard InChI is InChI=1S/C18H18N2O4S/c1-23-13-2-4-14(5-3-13)25(21,22)20-10-8-15-16-12-19-9-11-24-18(16)7-6-17(15)20/h2-8,10,19H,9,11-12H2,1H3. The van der Waals surface area contributed by atoms with Gasteiger partial charge < -0.3 is 14.8 Å². The molecule has 1 aliphatic heterocycles. The second kappa shape index (κ2) is 6.09. The lowest BCUT2D eigenvalue weighted by molar-refractivity contribution is 0.326. The summed E-state index contributed by atoms with van der Waals surface area (Å²) in [6, 6.07) is 11.8. The molecule has 4 rings (SSSR count). The first-order valence-electron chi connectivity index (χ1n) is 7.97. The van der Waals surface area contributed by atoms with E-state index in [1.54, 1.807) is 43.6 Å². The van der Waals surface area contributed by atoms with E-state index in [9.17, 15) is 8.42 Å². The van der Waals surface area contributed by atoms with E-state index < -0.39 is 10.0 Å². The van der Waals surface area contributed by atoms with Crippen molar-refractivity contribution in [3.63, 3.8) is 0 Å². The third-order valence-electron chi connectivity index (χ3n) is 4.36. The summed E-state index contributed by atoms with van der Waals surface area (Å²) in [6.07, 6.45) is 1.59. The Morgan fingerprint density at radius 2 is 1.92 bits per heavy atom. The number of aromatic nitrogens is 1. The molecule has 1 aromatic heterocycles. The van der Waals surface area contributed by atoms with Crippen molar-refractivity contribution in [3.05, 3.63) is 54.2 Å². The third-order valence-corrected chi connectivity index (χ3v) is 6.06. The lowest BCUT2D eigenvalue weighted by atomic mass is 10.1. The number of methoxy groups -OCH3 is 1. The second-order valence-electron chi connectivity index (χ2n) is 5.79. The molecule has 0 spiro atoms. The summed E-state index contributed by atoms with van der Waals surface area (Å²) >= 11 is 0. The molecule has 0 bridgehead atoms. The lowest BCUT2D eigenvalue weighted by Gasteiger charge is -2.11. The molecule has 0 saturated heterocycles. The number of nitrogens with zero attached hydrogens (tertiary/aromatic N) is 1. The van der Waals surface area contributed by atoms with Crippen molar-refractivity contribution in [2.45, 2.75) is 11.4 Å². The van der Waals surface area contributed by atoms with Crippen LogP contribution in [0.15, 0.2) is 53.6 Å². The van der Waals surface area contributed by atoms with Crippen molar-refractivity contribution in [2.24, 2.45) is 0 Å². The van der Waals surface area contributed by atoms with Crippen LogP contribution in [-0.4, -0.2) is 32.7 Å². The molecule has 6 nitrogen and oxygen atoms in total. The van der Waals surface area contributed by atoms with E-state index in [1.807, 2.05) is 12.1 Å². The predicted octanol–water partition coefficient (Wildman–Crippen LogP) is 2.37. The molecule has 1 aliphatic rings. The molecular weight excluding hydrogens is 340 g/mol. The maximum atomic E-state index is 13.0. The van der Waals surface area contributed by atoms with Gasteiger partial charge in [-0.1, -0.05) is 0 Å². The molecule has 3 aromatic rings. The van der Waals surface area contributed by atoms with Gasteiger partial charge in [0, 0.05) is 30.2 Å². The lowest BCUT2D eigenvalue weighted by Crippen LogP contribution is -2.16. The van der Waals surface area contributed by atoms with Crippen LogP contribution >= 0.6 is 0 Å². The molecule has 0 saturated carbocycles. The Hall–Kier alpha value is -2.51. The zero-order valence-electron chi connectivity index (χ0n) is 13.7. The minimum atomic E-state index is -3.68. The van der Waals surface area contributed by atoms with Crippen LogP contribution in [0, 0.1) is 0 Å². The van der Waals surface area contributed by atoms with Crippen molar-refractivity contribution in [2.75, 3.05) is 20.3 Å². The number of benzene rings is 2. The van der Waals surface area contributed by atoms with Crippen molar-refractivity contribution >= 4 is 20.9 Å². The highest BCUT2D eigenvalue weighted by Crippen LogP contribution is 2.32. The Bertz CT molecular complexity index is 1020. The quantitative estimate of drug-likeness (QED) is 0.778. The zero-order chi connectivity index (χ0) is 17.4. The van der Waals surface area contributed by atoms with Crippen LogP contribution in [0.1, 0.15) is 5.56 Å². The van der Waals surface area contributed by atoms with Gasteiger partial charge in [-0.2, -0.15) is 0 Å². The highest BCUT2D eigenvalue weighted by molar-refractivity contribution is 7.90. The van der Waals surface area contributed by atoms with E-state index in [2.05, 4.69) is 5.32 Å². The Labute approximate surface area is 146 Å². The molecule has 0 atom stereocenters. The third kappa shape index (κ3) is 2.65. The van der Waals surface area contributed by atoms with Crippen LogP contribution in [0.2, 0.25) is 0 Å². The van der Waals surface area contributed by atoms with Crippen molar-refractivity contribution in [1.29, 1.82) is 0 Å². The van der Waals surface area contributed by atoms with Gasteiger partial charge in [0.2, 0.25) is 0 Å². The van der Waals surface area contributed by atoms with Gasteiger partial charge in [-0.25, -0.2) is 12.4 Å². The molecule has 0 fully saturated rings. The average Bonchev–Trinajstić information content (AvgIpc) is 2.93. The summed E-state index contributed by atoms with van der Waals surface area (Å²) in [4.78, 5) is 0.218. The van der Waals surface area contributed by atoms with Crippen molar-refractivity contribution < 1.29 is 17.9 Å². The summed E-state index contributed by atoms with van der Waals surface area (Å²) < 4.78 is 38.2. The monoisotopic (exact) mass is 358 g/mol. The average molecular weight is 358 g/mol. The summed E-state index contributed by atoms with van der Waals surface area (Å²) in [5, 5.41) is 4.17. The zero-order valence-corrected chi connectivity index (χ0v) is 14.5. The first kappa shape index (κ1) is 16.0. The molecule has 130 valence electrons. The molecule has 0 unspecified atom stereocenters. The predicted molar refractivity (Wildman–Crippen MR) is 94.7 cm³/mol. The summed E-state index contributed by atoms with van der Waals surface area (Å²) in [5.41, 5.74) is 1.63. The summed E-state index contributed by atoms with van der Waals surface area (Å²) in [5.74, 6) is 1.42. The Morgan fingerprint density at radius 3 is 2.68 bits per heavy atom. The number of ether oxygens (including phenoxy) is 2. The Balaban J connectivity index is 1.85. The van der Waals surface area contributed by atoms with Crippen molar-refractivity contribution in [3.8, 4) is 11.5 Å². The summed E-state index contributed by atoms with van der Waals surface area (Å²) in [7, 11) is -2.14. The van der Waals surface area contributed by atoms with Crippen LogP contribution in [0.5, 0.6) is 11.5 Å². The van der Waals surface area contributed by atoms with E-state index in [0.29, 0.717) is 24.4 Å².